The average molecular weight is 1180 g/mol. The highest BCUT2D eigenvalue weighted by atomic mass is 35.5. The first kappa shape index (κ1) is 70.6. The summed E-state index contributed by atoms with van der Waals surface area (Å²) in [5.74, 6) is -3.28. The van der Waals surface area contributed by atoms with E-state index in [4.69, 9.17) is 65.9 Å². The van der Waals surface area contributed by atoms with Crippen LogP contribution in [0.15, 0.2) is 79.9 Å². The highest BCUT2D eigenvalue weighted by molar-refractivity contribution is 7.94. The van der Waals surface area contributed by atoms with Crippen molar-refractivity contribution in [3.63, 3.8) is 0 Å². The number of carboxylic acids is 1. The molecule has 4 N–H and O–H groups in total. The van der Waals surface area contributed by atoms with Gasteiger partial charge in [0.1, 0.15) is 30.5 Å². The quantitative estimate of drug-likeness (QED) is 0.0212. The molecule has 0 saturated heterocycles. The number of sulfonamides is 1. The fraction of sp³-hybridized carbons (Fsp3) is 0.409. The number of hydrogen-bond donors (Lipinski definition) is 4. The molecule has 29 heteroatoms. The zero-order chi connectivity index (χ0) is 57.0. The Bertz CT molecular complexity index is 2460. The van der Waals surface area contributed by atoms with Crippen molar-refractivity contribution in [2.24, 2.45) is 0 Å². The van der Waals surface area contributed by atoms with Gasteiger partial charge in [-0.15, -0.1) is 24.8 Å². The molecule has 3 aromatic carbocycles. The Morgan fingerprint density at radius 3 is 2.01 bits per heavy atom. The Morgan fingerprint density at radius 1 is 1.04 bits per heavy atom. The summed E-state index contributed by atoms with van der Waals surface area (Å²) >= 11 is 22.3. The van der Waals surface area contributed by atoms with Crippen LogP contribution in [0.1, 0.15) is 40.9 Å². The van der Waals surface area contributed by atoms with Gasteiger partial charge in [-0.25, -0.2) is 13.1 Å². The third-order valence-electron chi connectivity index (χ3n) is 8.13. The molecule has 0 bridgehead atoms. The Kier molecular flexibility index (Phi) is 33.8. The number of methoxy groups -OCH3 is 1. The summed E-state index contributed by atoms with van der Waals surface area (Å²) in [6.07, 6.45) is 6.03. The number of benzene rings is 3. The molecule has 0 radical (unpaired) electrons. The zero-order valence-corrected chi connectivity index (χ0v) is 46.5. The first-order valence-electron chi connectivity index (χ1n) is 20.7. The minimum atomic E-state index is -4.62. The number of rotatable bonds is 20. The monoisotopic (exact) mass is 1170 g/mol. The number of carbonyl (C=O) groups excluding carboxylic acids is 3. The number of nitro benzene ring substituents is 1. The van der Waals surface area contributed by atoms with E-state index in [0.29, 0.717) is 49.0 Å². The molecule has 0 aliphatic rings. The van der Waals surface area contributed by atoms with E-state index in [2.05, 4.69) is 44.9 Å². The number of carboxylic acid groups (broad SMARTS) is 1. The van der Waals surface area contributed by atoms with Crippen LogP contribution >= 0.6 is 54.0 Å². The normalized spacial score (nSPS) is 12.0. The second-order valence-corrected chi connectivity index (χ2v) is 22.5. The summed E-state index contributed by atoms with van der Waals surface area (Å²) < 4.78 is 82.4. The van der Waals surface area contributed by atoms with E-state index in [-0.39, 0.29) is 35.2 Å². The van der Waals surface area contributed by atoms with Crippen LogP contribution in [-0.2, 0) is 57.2 Å². The van der Waals surface area contributed by atoms with Crippen LogP contribution in [0.25, 0.3) is 0 Å². The van der Waals surface area contributed by atoms with Gasteiger partial charge in [-0.05, 0) is 66.6 Å². The van der Waals surface area contributed by atoms with Crippen LogP contribution in [-0.4, -0.2) is 133 Å². The first-order chi connectivity index (χ1) is 33.6. The van der Waals surface area contributed by atoms with E-state index in [1.54, 1.807) is 28.9 Å². The van der Waals surface area contributed by atoms with Crippen LogP contribution in [0.4, 0.5) is 24.5 Å². The lowest BCUT2D eigenvalue weighted by Gasteiger charge is -2.31. The van der Waals surface area contributed by atoms with E-state index in [9.17, 15) is 60.3 Å². The molecule has 3 rings (SSSR count). The van der Waals surface area contributed by atoms with Crippen LogP contribution in [0, 0.1) is 17.0 Å². The van der Waals surface area contributed by atoms with Crippen molar-refractivity contribution in [2.75, 3.05) is 75.4 Å². The standard InChI is InChI=1S/C15H10ClF3N2O6S.C15H22ClNO2.C8H11Cl2NO.C3H8NO5P.C3H9S/c1-28(25,26)20-14(22)10-7-9(3-4-12(10)21(23)24)27-13-5-2-8(6-11(13)16)15(17,18)19;1-5-13-8-6-7-11(2)15(13)17(14(18)9-16)12(3)10-19-4;1-3-5-11(6-4-2)8(12)7(9)10;5-3(6)1-4-2-10(7,8)9;1-4(2)3/h2-7H,1H3,(H,20,22);6-8,12H,5,9-10H2,1-4H3;3-4,7H,1-2,5-6H2;4H,1-2H2,(H,5,6)(H2,7,8,9);1-3H3/q;;;;+1/p-1. The number of nitrogens with one attached hydrogen (secondary N) is 2. The van der Waals surface area contributed by atoms with Gasteiger partial charge in [0.15, 0.2) is 4.84 Å². The third-order valence-corrected chi connectivity index (χ3v) is 10.2. The summed E-state index contributed by atoms with van der Waals surface area (Å²) in [5.41, 5.74) is 0.868. The minimum absolute atomic E-state index is 0.0223. The van der Waals surface area contributed by atoms with E-state index < -0.39 is 80.1 Å². The van der Waals surface area contributed by atoms with E-state index in [0.717, 1.165) is 47.5 Å². The Balaban J connectivity index is 0. The SMILES string of the molecule is C=CCN(CC=C)C(=O)C(Cl)Cl.CCc1cccc(C)c1N(C(=O)CCl)C(C)COC.CS(=O)(=O)NC(=O)c1cc(Oc2ccc(C(F)(F)F)cc2Cl)ccc1[N+](=O)[O-].C[S+](C)C.O=C(O)CNCP(=O)([O-])O. The molecule has 73 heavy (non-hydrogen) atoms. The number of para-hydroxylation sites is 1. The topological polar surface area (TPSA) is 275 Å². The van der Waals surface area contributed by atoms with Crippen LogP contribution in [0.5, 0.6) is 11.5 Å². The number of nitro groups is 1. The molecule has 19 nitrogen and oxygen atoms in total. The Labute approximate surface area is 445 Å². The number of halogens is 7. The molecule has 2 unspecified atom stereocenters. The molecular formula is C44H59Cl4F3N5O14PS2. The maximum atomic E-state index is 12.7. The highest BCUT2D eigenvalue weighted by Crippen LogP contribution is 2.37. The number of amides is 3. The lowest BCUT2D eigenvalue weighted by molar-refractivity contribution is -0.385. The van der Waals surface area contributed by atoms with Crippen molar-refractivity contribution < 1.29 is 74.6 Å². The number of alkyl halides is 6. The fourth-order valence-corrected chi connectivity index (χ4v) is 6.82. The smallest absolute Gasteiger partial charge is 0.416 e. The largest absolute Gasteiger partial charge is 0.778 e. The fourth-order valence-electron chi connectivity index (χ4n) is 5.36. The van der Waals surface area contributed by atoms with Gasteiger partial charge in [0.05, 0.1) is 71.7 Å². The number of anilines is 1. The molecule has 3 amide bonds. The maximum absolute atomic E-state index is 12.7. The molecular weight excluding hydrogens is 1120 g/mol. The van der Waals surface area contributed by atoms with Crippen molar-refractivity contribution in [3.8, 4) is 11.5 Å². The van der Waals surface area contributed by atoms with Crippen molar-refractivity contribution in [1.82, 2.24) is 14.9 Å². The Hall–Kier alpha value is -4.46. The summed E-state index contributed by atoms with van der Waals surface area (Å²) in [4.78, 5) is 75.5. The van der Waals surface area contributed by atoms with Crippen molar-refractivity contribution in [2.45, 2.75) is 44.2 Å². The van der Waals surface area contributed by atoms with Crippen molar-refractivity contribution in [3.05, 3.63) is 117 Å². The number of aliphatic carboxylic acids is 1. The third kappa shape index (κ3) is 29.9. The van der Waals surface area contributed by atoms with Gasteiger partial charge in [0.2, 0.25) is 15.9 Å². The molecule has 0 heterocycles. The van der Waals surface area contributed by atoms with E-state index >= 15 is 0 Å². The number of nitrogens with zero attached hydrogens (tertiary/aromatic N) is 3. The first-order valence-corrected chi connectivity index (χ1v) is 28.5. The van der Waals surface area contributed by atoms with Gasteiger partial charge in [-0.1, -0.05) is 72.1 Å². The molecule has 0 spiro atoms. The molecule has 2 atom stereocenters. The second kappa shape index (κ2) is 34.9. The van der Waals surface area contributed by atoms with Crippen molar-refractivity contribution >= 4 is 110 Å². The summed E-state index contributed by atoms with van der Waals surface area (Å²) in [6.45, 7) is 14.0. The van der Waals surface area contributed by atoms with Crippen molar-refractivity contribution in [1.29, 1.82) is 0 Å². The van der Waals surface area contributed by atoms with Crippen LogP contribution in [0.2, 0.25) is 5.02 Å². The van der Waals surface area contributed by atoms with Gasteiger partial charge < -0.3 is 38.7 Å². The van der Waals surface area contributed by atoms with Crippen LogP contribution in [0.3, 0.4) is 0 Å². The predicted octanol–water partition coefficient (Wildman–Crippen LogP) is 7.56. The van der Waals surface area contributed by atoms with Gasteiger partial charge >= 0.3 is 12.1 Å². The number of carbonyl (C=O) groups is 4. The molecule has 3 aromatic rings. The molecule has 0 aromatic heterocycles. The lowest BCUT2D eigenvalue weighted by atomic mass is 10.0. The van der Waals surface area contributed by atoms with Gasteiger partial charge in [0.25, 0.3) is 17.5 Å². The highest BCUT2D eigenvalue weighted by Gasteiger charge is 2.31. The minimum Gasteiger partial charge on any atom is -0.778 e. The van der Waals surface area contributed by atoms with Gasteiger partial charge in [-0.3, -0.25) is 34.6 Å². The molecule has 0 fully saturated rings. The number of hydrogen-bond acceptors (Lipinski definition) is 13. The molecule has 0 aliphatic heterocycles. The summed E-state index contributed by atoms with van der Waals surface area (Å²) in [5, 5.41) is 20.6. The Morgan fingerprint density at radius 2 is 1.60 bits per heavy atom. The summed E-state index contributed by atoms with van der Waals surface area (Å²) in [7, 11) is -6.07. The number of ether oxygens (including phenoxy) is 2. The van der Waals surface area contributed by atoms with Crippen LogP contribution < -0.4 is 24.6 Å². The maximum Gasteiger partial charge on any atom is 0.416 e. The van der Waals surface area contributed by atoms with Gasteiger partial charge in [-0.2, -0.15) is 13.2 Å². The summed E-state index contributed by atoms with van der Waals surface area (Å²) in [6, 6.07) is 11.1. The lowest BCUT2D eigenvalue weighted by Crippen LogP contribution is -2.43. The molecule has 0 saturated carbocycles. The predicted molar refractivity (Wildman–Crippen MR) is 280 cm³/mol. The second-order valence-electron chi connectivity index (χ2n) is 15.0. The number of aryl methyl sites for hydroxylation is 2. The average Bonchev–Trinajstić information content (AvgIpc) is 3.26. The molecule has 0 aliphatic carbocycles. The van der Waals surface area contributed by atoms with E-state index in [1.807, 2.05) is 31.3 Å². The van der Waals surface area contributed by atoms with Gasteiger partial charge in [0, 0.05) is 32.3 Å². The van der Waals surface area contributed by atoms with E-state index in [1.165, 1.54) is 4.90 Å². The zero-order valence-electron chi connectivity index (χ0n) is 40.9. The molecule has 410 valence electrons.